The van der Waals surface area contributed by atoms with Crippen LogP contribution in [-0.4, -0.2) is 46.8 Å². The number of anilines is 2. The highest BCUT2D eigenvalue weighted by molar-refractivity contribution is 5.92. The Morgan fingerprint density at radius 2 is 1.11 bits per heavy atom. The maximum Gasteiger partial charge on any atom is 0.224 e. The third-order valence-electron chi connectivity index (χ3n) is 7.13. The van der Waals surface area contributed by atoms with Gasteiger partial charge >= 0.3 is 0 Å². The topological polar surface area (TPSA) is 213 Å². The van der Waals surface area contributed by atoms with Gasteiger partial charge in [-0.15, -0.1) is 0 Å². The smallest absolute Gasteiger partial charge is 0.224 e. The van der Waals surface area contributed by atoms with Crippen LogP contribution >= 0.6 is 0 Å². The van der Waals surface area contributed by atoms with E-state index in [0.717, 1.165) is 48.1 Å². The van der Waals surface area contributed by atoms with Crippen LogP contribution in [0.15, 0.2) is 94.9 Å². The standard InChI is InChI=1S/C35H42N10O2/c36-34(37)40-20-7-2-5-14-32(47)43-28-13-9-12-26(22-28)30-23-29(44-33(45-30)25-10-3-1-4-11-25)24-16-18-27(19-17-24)42-31(46)15-6-8-21-41-35(38)39/h1,3-4,9-13,16-19,22-23H,2,5-8,14-15,20-21H2,(H,42,46)(H,43,47)(H4,36,37,40)(H4,38,39,41). The zero-order valence-electron chi connectivity index (χ0n) is 26.4. The number of carbonyl (C=O) groups is 2. The maximum atomic E-state index is 12.6. The minimum Gasteiger partial charge on any atom is -0.370 e. The van der Waals surface area contributed by atoms with E-state index in [9.17, 15) is 9.59 Å². The van der Waals surface area contributed by atoms with Crippen molar-refractivity contribution in [1.29, 1.82) is 0 Å². The number of aliphatic imine (C=N–C) groups is 2. The summed E-state index contributed by atoms with van der Waals surface area (Å²) in [5, 5.41) is 5.94. The van der Waals surface area contributed by atoms with Crippen molar-refractivity contribution in [2.24, 2.45) is 32.9 Å². The lowest BCUT2D eigenvalue weighted by atomic mass is 10.1. The molecule has 0 spiro atoms. The molecule has 47 heavy (non-hydrogen) atoms. The van der Waals surface area contributed by atoms with Gasteiger partial charge < -0.3 is 33.6 Å². The number of benzene rings is 3. The molecule has 244 valence electrons. The number of hydrogen-bond donors (Lipinski definition) is 6. The summed E-state index contributed by atoms with van der Waals surface area (Å²) in [7, 11) is 0. The van der Waals surface area contributed by atoms with Gasteiger partial charge in [0.05, 0.1) is 11.4 Å². The average molecular weight is 635 g/mol. The van der Waals surface area contributed by atoms with E-state index >= 15 is 0 Å². The minimum absolute atomic E-state index is 0.0544. The molecule has 2 amide bonds. The molecule has 0 unspecified atom stereocenters. The highest BCUT2D eigenvalue weighted by Crippen LogP contribution is 2.29. The van der Waals surface area contributed by atoms with Gasteiger partial charge in [0.15, 0.2) is 17.7 Å². The fourth-order valence-electron chi connectivity index (χ4n) is 4.77. The van der Waals surface area contributed by atoms with E-state index in [1.165, 1.54) is 0 Å². The summed E-state index contributed by atoms with van der Waals surface area (Å²) >= 11 is 0. The van der Waals surface area contributed by atoms with Crippen LogP contribution in [0, 0.1) is 0 Å². The molecule has 0 fully saturated rings. The zero-order chi connectivity index (χ0) is 33.4. The molecule has 1 aromatic heterocycles. The first kappa shape index (κ1) is 34.1. The number of amides is 2. The molecule has 0 aliphatic carbocycles. The predicted molar refractivity (Wildman–Crippen MR) is 189 cm³/mol. The van der Waals surface area contributed by atoms with Crippen molar-refractivity contribution >= 4 is 35.1 Å². The monoisotopic (exact) mass is 634 g/mol. The fourth-order valence-corrected chi connectivity index (χ4v) is 4.77. The molecule has 1 heterocycles. The Kier molecular flexibility index (Phi) is 12.8. The van der Waals surface area contributed by atoms with E-state index in [1.54, 1.807) is 0 Å². The molecule has 0 radical (unpaired) electrons. The summed E-state index contributed by atoms with van der Waals surface area (Å²) in [6.45, 7) is 1.06. The Balaban J connectivity index is 1.47. The molecule has 10 N–H and O–H groups in total. The highest BCUT2D eigenvalue weighted by atomic mass is 16.2. The lowest BCUT2D eigenvalue weighted by molar-refractivity contribution is -0.117. The molecule has 3 aromatic carbocycles. The Hall–Kier alpha value is -5.78. The third kappa shape index (κ3) is 11.6. The number of nitrogens with two attached hydrogens (primary N) is 4. The number of aromatic nitrogens is 2. The van der Waals surface area contributed by atoms with Crippen molar-refractivity contribution in [1.82, 2.24) is 9.97 Å². The van der Waals surface area contributed by atoms with Crippen molar-refractivity contribution in [2.75, 3.05) is 23.7 Å². The van der Waals surface area contributed by atoms with Crippen LogP contribution in [0.3, 0.4) is 0 Å². The summed E-state index contributed by atoms with van der Waals surface area (Å²) in [6.07, 6.45) is 4.59. The van der Waals surface area contributed by atoms with Gasteiger partial charge in [-0.3, -0.25) is 19.6 Å². The Bertz CT molecular complexity index is 1680. The SMILES string of the molecule is NC(N)=NCCCCCC(=O)Nc1cccc(-c2cc(-c3ccc(NC(=O)CCCCN=C(N)N)cc3)nc(-c3ccccc3)n2)c1. The second-order valence-electron chi connectivity index (χ2n) is 11.0. The predicted octanol–water partition coefficient (Wildman–Crippen LogP) is 4.63. The second-order valence-corrected chi connectivity index (χ2v) is 11.0. The molecule has 0 saturated heterocycles. The van der Waals surface area contributed by atoms with Gasteiger partial charge in [0.2, 0.25) is 11.8 Å². The van der Waals surface area contributed by atoms with Crippen LogP contribution < -0.4 is 33.6 Å². The van der Waals surface area contributed by atoms with E-state index < -0.39 is 0 Å². The van der Waals surface area contributed by atoms with Crippen LogP contribution in [-0.2, 0) is 9.59 Å². The quantitative estimate of drug-likeness (QED) is 0.0579. The Morgan fingerprint density at radius 3 is 1.74 bits per heavy atom. The van der Waals surface area contributed by atoms with E-state index in [0.29, 0.717) is 55.2 Å². The average Bonchev–Trinajstić information content (AvgIpc) is 3.06. The third-order valence-corrected chi connectivity index (χ3v) is 7.13. The van der Waals surface area contributed by atoms with Crippen LogP contribution in [0.1, 0.15) is 44.9 Å². The maximum absolute atomic E-state index is 12.6. The molecule has 0 aliphatic rings. The van der Waals surface area contributed by atoms with Gasteiger partial charge in [0.1, 0.15) is 0 Å². The van der Waals surface area contributed by atoms with Crippen LogP contribution in [0.2, 0.25) is 0 Å². The number of rotatable bonds is 16. The number of guanidine groups is 2. The van der Waals surface area contributed by atoms with Crippen molar-refractivity contribution in [3.8, 4) is 33.9 Å². The van der Waals surface area contributed by atoms with Crippen molar-refractivity contribution in [2.45, 2.75) is 44.9 Å². The van der Waals surface area contributed by atoms with Crippen molar-refractivity contribution < 1.29 is 9.59 Å². The minimum atomic E-state index is -0.0760. The summed E-state index contributed by atoms with van der Waals surface area (Å²) in [4.78, 5) is 42.7. The lowest BCUT2D eigenvalue weighted by Gasteiger charge is -2.11. The molecule has 4 aromatic rings. The molecule has 0 bridgehead atoms. The first-order valence-electron chi connectivity index (χ1n) is 15.6. The van der Waals surface area contributed by atoms with Crippen LogP contribution in [0.5, 0.6) is 0 Å². The van der Waals surface area contributed by atoms with Crippen molar-refractivity contribution in [3.05, 3.63) is 84.9 Å². The second kappa shape index (κ2) is 17.6. The molecule has 4 rings (SSSR count). The number of nitrogens with zero attached hydrogens (tertiary/aromatic N) is 4. The van der Waals surface area contributed by atoms with Crippen LogP contribution in [0.25, 0.3) is 33.9 Å². The highest BCUT2D eigenvalue weighted by Gasteiger charge is 2.12. The van der Waals surface area contributed by atoms with Gasteiger partial charge in [-0.1, -0.05) is 61.0 Å². The lowest BCUT2D eigenvalue weighted by Crippen LogP contribution is -2.23. The normalized spacial score (nSPS) is 10.6. The number of unbranched alkanes of at least 4 members (excludes halogenated alkanes) is 3. The molecule has 12 heteroatoms. The van der Waals surface area contributed by atoms with E-state index in [1.807, 2.05) is 84.9 Å². The van der Waals surface area contributed by atoms with Gasteiger partial charge in [-0.25, -0.2) is 9.97 Å². The molecular weight excluding hydrogens is 592 g/mol. The van der Waals surface area contributed by atoms with Crippen LogP contribution in [0.4, 0.5) is 11.4 Å². The summed E-state index contributed by atoms with van der Waals surface area (Å²) in [6, 6.07) is 26.9. The first-order valence-corrected chi connectivity index (χ1v) is 15.6. The number of carbonyl (C=O) groups excluding carboxylic acids is 2. The number of hydrogen-bond acceptors (Lipinski definition) is 6. The molecular formula is C35H42N10O2. The van der Waals surface area contributed by atoms with E-state index in [-0.39, 0.29) is 23.7 Å². The Labute approximate surface area is 274 Å². The number of nitrogens with one attached hydrogen (secondary N) is 2. The fraction of sp³-hybridized carbons (Fsp3) is 0.257. The van der Waals surface area contributed by atoms with Crippen molar-refractivity contribution in [3.63, 3.8) is 0 Å². The largest absolute Gasteiger partial charge is 0.370 e. The molecule has 0 atom stereocenters. The molecule has 0 aliphatic heterocycles. The first-order chi connectivity index (χ1) is 22.8. The molecule has 0 saturated carbocycles. The van der Waals surface area contributed by atoms with Gasteiger partial charge in [0, 0.05) is 54.0 Å². The van der Waals surface area contributed by atoms with Gasteiger partial charge in [0.25, 0.3) is 0 Å². The van der Waals surface area contributed by atoms with Gasteiger partial charge in [-0.05, 0) is 56.0 Å². The van der Waals surface area contributed by atoms with E-state index in [4.69, 9.17) is 32.9 Å². The summed E-state index contributed by atoms with van der Waals surface area (Å²) in [5.41, 5.74) is 26.8. The summed E-state index contributed by atoms with van der Waals surface area (Å²) in [5.74, 6) is 0.575. The van der Waals surface area contributed by atoms with E-state index in [2.05, 4.69) is 20.6 Å². The molecule has 12 nitrogen and oxygen atoms in total. The Morgan fingerprint density at radius 1 is 0.553 bits per heavy atom. The van der Waals surface area contributed by atoms with Gasteiger partial charge in [-0.2, -0.15) is 0 Å². The zero-order valence-corrected chi connectivity index (χ0v) is 26.4. The summed E-state index contributed by atoms with van der Waals surface area (Å²) < 4.78 is 0.